The Kier molecular flexibility index (Phi) is 12.0. The molecule has 3 aromatic carbocycles. The number of likely N-dealkylation sites (tertiary alicyclic amines) is 1. The van der Waals surface area contributed by atoms with Crippen LogP contribution in [0.4, 0.5) is 47.7 Å². The maximum Gasteiger partial charge on any atom is 0.421 e. The molecule has 0 saturated carbocycles. The first-order valence-electron chi connectivity index (χ1n) is 19.4. The van der Waals surface area contributed by atoms with Crippen molar-refractivity contribution < 1.29 is 37.1 Å². The number of Topliss-reactive ketones (excluding diaryl/α,β-unsaturated/α-hetero) is 1. The molecule has 0 aliphatic carbocycles. The number of aromatic nitrogens is 2. The molecule has 0 spiro atoms. The third-order valence-electron chi connectivity index (χ3n) is 11.2. The van der Waals surface area contributed by atoms with Crippen LogP contribution in [-0.2, 0) is 20.6 Å². The largest absolute Gasteiger partial charge is 0.494 e. The van der Waals surface area contributed by atoms with E-state index in [-0.39, 0.29) is 46.7 Å². The Morgan fingerprint density at radius 3 is 2.37 bits per heavy atom. The number of ketones is 1. The van der Waals surface area contributed by atoms with Crippen molar-refractivity contribution in [2.24, 2.45) is 0 Å². The fourth-order valence-electron chi connectivity index (χ4n) is 7.60. The van der Waals surface area contributed by atoms with Gasteiger partial charge in [0, 0.05) is 55.8 Å². The zero-order valence-electron chi connectivity index (χ0n) is 32.9. The van der Waals surface area contributed by atoms with E-state index in [0.717, 1.165) is 37.3 Å². The molecule has 3 aliphatic heterocycles. The van der Waals surface area contributed by atoms with E-state index in [2.05, 4.69) is 53.2 Å². The molecule has 3 amide bonds. The van der Waals surface area contributed by atoms with E-state index in [1.165, 1.54) is 31.7 Å². The maximum absolute atomic E-state index is 13.9. The number of alkyl halides is 3. The number of rotatable bonds is 13. The molecule has 4 heterocycles. The smallest absolute Gasteiger partial charge is 0.421 e. The van der Waals surface area contributed by atoms with Crippen LogP contribution in [0.1, 0.15) is 60.0 Å². The minimum atomic E-state index is -4.76. The second-order valence-corrected chi connectivity index (χ2v) is 15.1. The molecule has 310 valence electrons. The standard InChI is InChI=1S/C42H46F3N9O5/c1-25(55)31-6-4-5-7-33(31)48-39-32(42(43,44)45)21-46-41(51-39)49-34-13-12-29(20-36(34)59-3)54-22-30(23-54)52(2)38(57)24-53-18-16-27(17-19-53)26-8-10-28(11-9-26)47-35-14-15-37(56)50-40(35)58/h4-13,20-21,27,30,35,47H,14-19,22-24H2,1-3H3,(H,50,56,58)(H2,46,48,49,51). The zero-order valence-corrected chi connectivity index (χ0v) is 32.9. The van der Waals surface area contributed by atoms with Crippen molar-refractivity contribution in [3.63, 3.8) is 0 Å². The van der Waals surface area contributed by atoms with Crippen molar-refractivity contribution in [3.05, 3.63) is 89.6 Å². The number of anilines is 6. The van der Waals surface area contributed by atoms with Gasteiger partial charge in [-0.2, -0.15) is 18.2 Å². The molecule has 1 unspecified atom stereocenters. The van der Waals surface area contributed by atoms with Crippen LogP contribution >= 0.6 is 0 Å². The van der Waals surface area contributed by atoms with Crippen LogP contribution in [0.5, 0.6) is 5.75 Å². The number of hydrogen-bond donors (Lipinski definition) is 4. The number of para-hydroxylation sites is 1. The maximum atomic E-state index is 13.9. The number of nitrogens with zero attached hydrogens (tertiary/aromatic N) is 5. The van der Waals surface area contributed by atoms with Gasteiger partial charge in [0.1, 0.15) is 23.2 Å². The van der Waals surface area contributed by atoms with E-state index in [9.17, 15) is 32.3 Å². The molecular weight excluding hydrogens is 768 g/mol. The van der Waals surface area contributed by atoms with Gasteiger partial charge in [-0.05, 0) is 87.2 Å². The van der Waals surface area contributed by atoms with Gasteiger partial charge in [-0.25, -0.2) is 4.98 Å². The highest BCUT2D eigenvalue weighted by molar-refractivity contribution is 6.01. The average molecular weight is 814 g/mol. The van der Waals surface area contributed by atoms with Crippen LogP contribution in [0.25, 0.3) is 0 Å². The quantitative estimate of drug-likeness (QED) is 0.0932. The number of imide groups is 1. The van der Waals surface area contributed by atoms with Crippen LogP contribution in [0.15, 0.2) is 72.9 Å². The molecule has 14 nitrogen and oxygen atoms in total. The number of methoxy groups -OCH3 is 1. The predicted molar refractivity (Wildman–Crippen MR) is 216 cm³/mol. The summed E-state index contributed by atoms with van der Waals surface area (Å²) in [6.07, 6.45) is -1.42. The molecule has 3 fully saturated rings. The molecule has 3 saturated heterocycles. The van der Waals surface area contributed by atoms with E-state index >= 15 is 0 Å². The highest BCUT2D eigenvalue weighted by Crippen LogP contribution is 2.38. The molecule has 4 aromatic rings. The highest BCUT2D eigenvalue weighted by Gasteiger charge is 2.37. The second-order valence-electron chi connectivity index (χ2n) is 15.1. The Labute approximate surface area is 339 Å². The van der Waals surface area contributed by atoms with Gasteiger partial charge in [-0.3, -0.25) is 29.4 Å². The summed E-state index contributed by atoms with van der Waals surface area (Å²) < 4.78 is 47.4. The number of carbonyl (C=O) groups is 4. The topological polar surface area (TPSA) is 161 Å². The molecule has 59 heavy (non-hydrogen) atoms. The Morgan fingerprint density at radius 2 is 1.69 bits per heavy atom. The number of carbonyl (C=O) groups excluding carboxylic acids is 4. The lowest BCUT2D eigenvalue weighted by Crippen LogP contribution is -2.61. The second kappa shape index (κ2) is 17.3. The lowest BCUT2D eigenvalue weighted by molar-refractivity contribution is -0.137. The van der Waals surface area contributed by atoms with Gasteiger partial charge in [-0.15, -0.1) is 0 Å². The fraction of sp³-hybridized carbons (Fsp3) is 0.381. The van der Waals surface area contributed by atoms with Crippen molar-refractivity contribution in [2.75, 3.05) is 67.7 Å². The van der Waals surface area contributed by atoms with E-state index in [4.69, 9.17) is 4.74 Å². The van der Waals surface area contributed by atoms with Gasteiger partial charge in [0.15, 0.2) is 5.78 Å². The lowest BCUT2D eigenvalue weighted by Gasteiger charge is -2.46. The normalized spacial score (nSPS) is 17.8. The van der Waals surface area contributed by atoms with Gasteiger partial charge in [0.2, 0.25) is 23.7 Å². The molecule has 0 radical (unpaired) electrons. The van der Waals surface area contributed by atoms with Gasteiger partial charge in [-0.1, -0.05) is 24.3 Å². The summed E-state index contributed by atoms with van der Waals surface area (Å²) in [6.45, 7) is 4.52. The first-order valence-corrected chi connectivity index (χ1v) is 19.4. The van der Waals surface area contributed by atoms with E-state index < -0.39 is 23.6 Å². The zero-order chi connectivity index (χ0) is 41.8. The molecule has 0 bridgehead atoms. The third kappa shape index (κ3) is 9.57. The van der Waals surface area contributed by atoms with Crippen LogP contribution in [0.2, 0.25) is 0 Å². The molecule has 1 atom stereocenters. The van der Waals surface area contributed by atoms with Crippen molar-refractivity contribution >= 4 is 58.0 Å². The summed E-state index contributed by atoms with van der Waals surface area (Å²) in [4.78, 5) is 63.2. The van der Waals surface area contributed by atoms with E-state index in [1.54, 1.807) is 24.3 Å². The Morgan fingerprint density at radius 1 is 0.966 bits per heavy atom. The van der Waals surface area contributed by atoms with Crippen LogP contribution in [0.3, 0.4) is 0 Å². The summed E-state index contributed by atoms with van der Waals surface area (Å²) in [6, 6.07) is 19.3. The number of amides is 3. The summed E-state index contributed by atoms with van der Waals surface area (Å²) in [5, 5.41) is 11.2. The van der Waals surface area contributed by atoms with Crippen LogP contribution in [0, 0.1) is 0 Å². The first kappa shape index (κ1) is 40.9. The number of piperidine rings is 2. The van der Waals surface area contributed by atoms with Gasteiger partial charge in [0.25, 0.3) is 0 Å². The van der Waals surface area contributed by atoms with Crippen molar-refractivity contribution in [3.8, 4) is 5.75 Å². The number of benzene rings is 3. The van der Waals surface area contributed by atoms with Crippen LogP contribution < -0.4 is 30.9 Å². The van der Waals surface area contributed by atoms with Gasteiger partial charge in [0.05, 0.1) is 31.1 Å². The minimum Gasteiger partial charge on any atom is -0.494 e. The molecule has 17 heteroatoms. The molecule has 1 aromatic heterocycles. The Bertz CT molecular complexity index is 2210. The van der Waals surface area contributed by atoms with E-state index in [1.807, 2.05) is 30.1 Å². The average Bonchev–Trinajstić information content (AvgIpc) is 3.19. The monoisotopic (exact) mass is 813 g/mol. The minimum absolute atomic E-state index is 0.0238. The molecule has 3 aliphatic rings. The molecule has 7 rings (SSSR count). The number of likely N-dealkylation sites (N-methyl/N-ethyl adjacent to an activating group) is 1. The Balaban J connectivity index is 0.899. The first-order chi connectivity index (χ1) is 28.2. The lowest BCUT2D eigenvalue weighted by atomic mass is 9.89. The number of nitrogens with one attached hydrogen (secondary N) is 4. The predicted octanol–water partition coefficient (Wildman–Crippen LogP) is 5.94. The summed E-state index contributed by atoms with van der Waals surface area (Å²) in [5.41, 5.74) is 2.64. The number of hydrogen-bond acceptors (Lipinski definition) is 12. The van der Waals surface area contributed by atoms with Gasteiger partial charge >= 0.3 is 6.18 Å². The van der Waals surface area contributed by atoms with Gasteiger partial charge < -0.3 is 30.5 Å². The summed E-state index contributed by atoms with van der Waals surface area (Å²) in [7, 11) is 3.32. The summed E-state index contributed by atoms with van der Waals surface area (Å²) in [5.74, 6) is -0.635. The van der Waals surface area contributed by atoms with Crippen molar-refractivity contribution in [2.45, 2.75) is 56.8 Å². The van der Waals surface area contributed by atoms with Crippen LogP contribution in [-0.4, -0.2) is 102 Å². The Hall–Kier alpha value is -6.23. The third-order valence-corrected chi connectivity index (χ3v) is 11.2. The number of ether oxygens (including phenoxy) is 1. The molecule has 4 N–H and O–H groups in total. The van der Waals surface area contributed by atoms with E-state index in [0.29, 0.717) is 56.0 Å². The number of halogens is 3. The van der Waals surface area contributed by atoms with Crippen molar-refractivity contribution in [1.29, 1.82) is 0 Å². The SMILES string of the molecule is COc1cc(N2CC(N(C)C(=O)CN3CCC(c4ccc(NC5CCC(=O)NC5=O)cc4)CC3)C2)ccc1Nc1ncc(C(F)(F)F)c(Nc2ccccc2C(C)=O)n1. The fourth-order valence-corrected chi connectivity index (χ4v) is 7.60. The van der Waals surface area contributed by atoms with Crippen molar-refractivity contribution in [1.82, 2.24) is 25.1 Å². The summed E-state index contributed by atoms with van der Waals surface area (Å²) >= 11 is 0. The highest BCUT2D eigenvalue weighted by atomic mass is 19.4. The molecular formula is C42H46F3N9O5.